The molecule has 0 unspecified atom stereocenters. The molecule has 0 aliphatic carbocycles. The summed E-state index contributed by atoms with van der Waals surface area (Å²) in [5, 5.41) is 4.43. The molecule has 2 aromatic rings. The first-order valence-electron chi connectivity index (χ1n) is 8.94. The summed E-state index contributed by atoms with van der Waals surface area (Å²) in [6.45, 7) is 0.714. The Morgan fingerprint density at radius 2 is 2.00 bits per heavy atom. The van der Waals surface area contributed by atoms with E-state index in [1.165, 1.54) is 5.41 Å². The summed E-state index contributed by atoms with van der Waals surface area (Å²) in [7, 11) is -3.57. The van der Waals surface area contributed by atoms with Crippen LogP contribution in [0.5, 0.6) is 0 Å². The van der Waals surface area contributed by atoms with Crippen LogP contribution in [0.3, 0.4) is 0 Å². The molecule has 1 N–H and O–H groups in total. The Morgan fingerprint density at radius 1 is 1.21 bits per heavy atom. The van der Waals surface area contributed by atoms with Crippen LogP contribution in [0.2, 0.25) is 0 Å². The molecule has 1 fully saturated rings. The van der Waals surface area contributed by atoms with E-state index in [0.717, 1.165) is 16.5 Å². The molecule has 1 atom stereocenters. The Hall–Kier alpha value is -2.32. The lowest BCUT2D eigenvalue weighted by Gasteiger charge is -2.29. The largest absolute Gasteiger partial charge is 0.445 e. The molecule has 2 aliphatic rings. The van der Waals surface area contributed by atoms with Crippen molar-refractivity contribution in [1.29, 1.82) is 0 Å². The second-order valence-corrected chi connectivity index (χ2v) is 9.46. The fourth-order valence-corrected chi connectivity index (χ4v) is 5.25. The summed E-state index contributed by atoms with van der Waals surface area (Å²) in [4.78, 5) is 14.5. The molecule has 0 aromatic heterocycles. The summed E-state index contributed by atoms with van der Waals surface area (Å²) in [5.74, 6) is 0. The third-order valence-electron chi connectivity index (χ3n) is 4.86. The number of halogens is 1. The van der Waals surface area contributed by atoms with Crippen molar-refractivity contribution in [3.05, 3.63) is 69.7 Å². The minimum absolute atomic E-state index is 0.184. The van der Waals surface area contributed by atoms with Gasteiger partial charge < -0.3 is 10.1 Å². The van der Waals surface area contributed by atoms with Crippen LogP contribution in [0.4, 0.5) is 10.5 Å². The van der Waals surface area contributed by atoms with Crippen molar-refractivity contribution in [2.75, 3.05) is 11.9 Å². The van der Waals surface area contributed by atoms with Gasteiger partial charge in [0.1, 0.15) is 6.61 Å². The number of nitrogens with zero attached hydrogens (tertiary/aromatic N) is 1. The summed E-state index contributed by atoms with van der Waals surface area (Å²) >= 11 is 3.37. The van der Waals surface area contributed by atoms with E-state index in [0.29, 0.717) is 24.4 Å². The second kappa shape index (κ2) is 7.60. The van der Waals surface area contributed by atoms with Crippen LogP contribution in [0.1, 0.15) is 18.4 Å². The number of nitrogens with one attached hydrogen (secondary N) is 1. The van der Waals surface area contributed by atoms with Crippen molar-refractivity contribution in [2.45, 2.75) is 30.4 Å². The summed E-state index contributed by atoms with van der Waals surface area (Å²) in [6.07, 6.45) is 1.03. The van der Waals surface area contributed by atoms with Gasteiger partial charge in [0.25, 0.3) is 0 Å². The maximum Gasteiger partial charge on any atom is 0.410 e. The number of amides is 1. The second-order valence-electron chi connectivity index (χ2n) is 6.78. The fourth-order valence-electron chi connectivity index (χ4n) is 3.54. The maximum atomic E-state index is 12.7. The van der Waals surface area contributed by atoms with Gasteiger partial charge in [0.15, 0.2) is 0 Å². The Balaban J connectivity index is 1.53. The number of rotatable bonds is 3. The molecular formula is C20H19BrN2O4S. The molecule has 1 saturated heterocycles. The lowest BCUT2D eigenvalue weighted by atomic mass is 10.1. The first-order chi connectivity index (χ1) is 13.4. The highest BCUT2D eigenvalue weighted by atomic mass is 79.9. The molecule has 0 spiro atoms. The van der Waals surface area contributed by atoms with Gasteiger partial charge in [-0.1, -0.05) is 46.3 Å². The third kappa shape index (κ3) is 3.79. The summed E-state index contributed by atoms with van der Waals surface area (Å²) < 4.78 is 31.6. The van der Waals surface area contributed by atoms with Gasteiger partial charge in [-0.05, 0) is 36.6 Å². The van der Waals surface area contributed by atoms with Crippen LogP contribution in [-0.4, -0.2) is 32.0 Å². The number of ether oxygens (including phenoxy) is 1. The van der Waals surface area contributed by atoms with E-state index in [1.54, 1.807) is 23.1 Å². The van der Waals surface area contributed by atoms with Crippen LogP contribution in [0, 0.1) is 0 Å². The summed E-state index contributed by atoms with van der Waals surface area (Å²) in [5.41, 5.74) is 1.92. The Morgan fingerprint density at radius 3 is 2.79 bits per heavy atom. The van der Waals surface area contributed by atoms with Gasteiger partial charge in [-0.15, -0.1) is 0 Å². The lowest BCUT2D eigenvalue weighted by Crippen LogP contribution is -2.39. The molecule has 6 nitrogen and oxygen atoms in total. The number of carbonyl (C=O) groups excluding carboxylic acids is 1. The van der Waals surface area contributed by atoms with E-state index >= 15 is 0 Å². The zero-order valence-electron chi connectivity index (χ0n) is 15.0. The number of fused-ring (bicyclic) bond motifs is 1. The van der Waals surface area contributed by atoms with E-state index in [4.69, 9.17) is 4.74 Å². The monoisotopic (exact) mass is 462 g/mol. The van der Waals surface area contributed by atoms with E-state index in [9.17, 15) is 13.2 Å². The van der Waals surface area contributed by atoms with Crippen LogP contribution in [-0.2, 0) is 21.2 Å². The maximum absolute atomic E-state index is 12.7. The molecule has 1 amide bonds. The number of benzene rings is 2. The van der Waals surface area contributed by atoms with Crippen molar-refractivity contribution in [2.24, 2.45) is 0 Å². The van der Waals surface area contributed by atoms with Crippen LogP contribution in [0.25, 0.3) is 0 Å². The van der Waals surface area contributed by atoms with Gasteiger partial charge in [0.05, 0.1) is 27.7 Å². The van der Waals surface area contributed by atoms with Gasteiger partial charge in [-0.25, -0.2) is 13.2 Å². The van der Waals surface area contributed by atoms with Gasteiger partial charge in [0, 0.05) is 11.0 Å². The Kier molecular flexibility index (Phi) is 5.16. The van der Waals surface area contributed by atoms with E-state index in [2.05, 4.69) is 21.2 Å². The number of carbonyl (C=O) groups is 1. The lowest BCUT2D eigenvalue weighted by molar-refractivity contribution is 0.0964. The SMILES string of the molecule is O=C(OCc1ccccc1)N1CCC[C@H]1C1=CS(=O)(=O)c2ccc(Br)cc2N1. The molecule has 2 aromatic carbocycles. The number of anilines is 1. The standard InChI is InChI=1S/C20H19BrN2O4S/c21-15-8-9-19-16(11-15)22-17(13-28(19,25)26)18-7-4-10-23(18)20(24)27-12-14-5-2-1-3-6-14/h1-3,5-6,8-9,11,13,18,22H,4,7,10,12H2/t18-/m0/s1. The van der Waals surface area contributed by atoms with Gasteiger partial charge in [0.2, 0.25) is 9.84 Å². The zero-order chi connectivity index (χ0) is 19.7. The molecule has 146 valence electrons. The first-order valence-corrected chi connectivity index (χ1v) is 11.3. The number of hydrogen-bond donors (Lipinski definition) is 1. The van der Waals surface area contributed by atoms with Crippen LogP contribution in [0.15, 0.2) is 69.0 Å². The molecular weight excluding hydrogens is 444 g/mol. The van der Waals surface area contributed by atoms with E-state index in [-0.39, 0.29) is 17.5 Å². The number of likely N-dealkylation sites (tertiary alicyclic amines) is 1. The molecule has 0 radical (unpaired) electrons. The van der Waals surface area contributed by atoms with Gasteiger partial charge in [-0.3, -0.25) is 4.90 Å². The molecule has 8 heteroatoms. The van der Waals surface area contributed by atoms with Crippen molar-refractivity contribution in [3.8, 4) is 0 Å². The molecule has 4 rings (SSSR count). The smallest absolute Gasteiger partial charge is 0.410 e. The predicted molar refractivity (Wildman–Crippen MR) is 109 cm³/mol. The average Bonchev–Trinajstić information content (AvgIpc) is 3.16. The summed E-state index contributed by atoms with van der Waals surface area (Å²) in [6, 6.07) is 14.1. The van der Waals surface area contributed by atoms with Gasteiger partial charge in [-0.2, -0.15) is 0 Å². The molecule has 2 heterocycles. The average molecular weight is 463 g/mol. The topological polar surface area (TPSA) is 75.7 Å². The quantitative estimate of drug-likeness (QED) is 0.735. The van der Waals surface area contributed by atoms with Crippen LogP contribution >= 0.6 is 15.9 Å². The molecule has 2 aliphatic heterocycles. The third-order valence-corrected chi connectivity index (χ3v) is 6.89. The highest BCUT2D eigenvalue weighted by Gasteiger charge is 2.36. The number of hydrogen-bond acceptors (Lipinski definition) is 5. The Labute approximate surface area is 172 Å². The van der Waals surface area contributed by atoms with Gasteiger partial charge >= 0.3 is 6.09 Å². The van der Waals surface area contributed by atoms with Crippen molar-refractivity contribution < 1.29 is 17.9 Å². The minimum atomic E-state index is -3.57. The number of sulfone groups is 1. The van der Waals surface area contributed by atoms with Crippen molar-refractivity contribution in [3.63, 3.8) is 0 Å². The van der Waals surface area contributed by atoms with Crippen molar-refractivity contribution in [1.82, 2.24) is 4.90 Å². The Bertz CT molecular complexity index is 1040. The van der Waals surface area contributed by atoms with Crippen molar-refractivity contribution >= 4 is 37.5 Å². The zero-order valence-corrected chi connectivity index (χ0v) is 17.4. The molecule has 0 bridgehead atoms. The molecule has 0 saturated carbocycles. The molecule has 28 heavy (non-hydrogen) atoms. The minimum Gasteiger partial charge on any atom is -0.445 e. The predicted octanol–water partition coefficient (Wildman–Crippen LogP) is 4.29. The normalized spacial score (nSPS) is 20.1. The first kappa shape index (κ1) is 19.0. The van der Waals surface area contributed by atoms with E-state index in [1.807, 2.05) is 30.3 Å². The fraction of sp³-hybridized carbons (Fsp3) is 0.250. The highest BCUT2D eigenvalue weighted by molar-refractivity contribution is 9.10. The van der Waals surface area contributed by atoms with E-state index < -0.39 is 15.9 Å². The highest BCUT2D eigenvalue weighted by Crippen LogP contribution is 2.36. The van der Waals surface area contributed by atoms with Crippen LogP contribution < -0.4 is 5.32 Å².